The molecule has 0 spiro atoms. The average Bonchev–Trinajstić information content (AvgIpc) is 3.38. The number of carbonyl (C=O) groups excluding carboxylic acids is 2. The van der Waals surface area contributed by atoms with Crippen LogP contribution < -0.4 is 5.32 Å². The van der Waals surface area contributed by atoms with Gasteiger partial charge in [0.15, 0.2) is 0 Å². The number of nitrogens with one attached hydrogen (secondary N) is 1. The molecule has 2 amide bonds. The maximum absolute atomic E-state index is 12.8. The van der Waals surface area contributed by atoms with Crippen molar-refractivity contribution >= 4 is 11.8 Å². The fourth-order valence-corrected chi connectivity index (χ4v) is 5.30. The lowest BCUT2D eigenvalue weighted by atomic mass is 9.83. The minimum atomic E-state index is -0.0920. The van der Waals surface area contributed by atoms with Crippen LogP contribution in [0.3, 0.4) is 0 Å². The SMILES string of the molecule is C[C@H](NC(=O)[C@H]1CCCN(C(=O)c2ccoc2)C1)[C@H]1C[C@H]2CC[C@H]1C2. The molecule has 2 saturated carbocycles. The molecule has 0 unspecified atom stereocenters. The largest absolute Gasteiger partial charge is 0.472 e. The first-order valence-corrected chi connectivity index (χ1v) is 9.73. The zero-order chi connectivity index (χ0) is 17.4. The molecule has 0 aromatic carbocycles. The van der Waals surface area contributed by atoms with Gasteiger partial charge in [-0.15, -0.1) is 0 Å². The third-order valence-electron chi connectivity index (χ3n) is 6.65. The monoisotopic (exact) mass is 344 g/mol. The van der Waals surface area contributed by atoms with E-state index >= 15 is 0 Å². The van der Waals surface area contributed by atoms with Crippen molar-refractivity contribution < 1.29 is 14.0 Å². The molecule has 4 rings (SSSR count). The van der Waals surface area contributed by atoms with Gasteiger partial charge in [0.2, 0.25) is 5.91 Å². The van der Waals surface area contributed by atoms with Crippen molar-refractivity contribution in [2.75, 3.05) is 13.1 Å². The van der Waals surface area contributed by atoms with E-state index in [2.05, 4.69) is 12.2 Å². The van der Waals surface area contributed by atoms with Gasteiger partial charge in [-0.2, -0.15) is 0 Å². The van der Waals surface area contributed by atoms with Gasteiger partial charge in [0.1, 0.15) is 6.26 Å². The van der Waals surface area contributed by atoms with Gasteiger partial charge in [0, 0.05) is 19.1 Å². The Morgan fingerprint density at radius 1 is 1.28 bits per heavy atom. The minimum absolute atomic E-state index is 0.0348. The molecule has 1 N–H and O–H groups in total. The Hall–Kier alpha value is -1.78. The van der Waals surface area contributed by atoms with Crippen molar-refractivity contribution in [3.63, 3.8) is 0 Å². The van der Waals surface area contributed by atoms with Crippen molar-refractivity contribution in [3.8, 4) is 0 Å². The second-order valence-electron chi connectivity index (χ2n) is 8.24. The Labute approximate surface area is 149 Å². The topological polar surface area (TPSA) is 62.6 Å². The smallest absolute Gasteiger partial charge is 0.257 e. The lowest BCUT2D eigenvalue weighted by Gasteiger charge is -2.34. The number of carbonyl (C=O) groups is 2. The highest BCUT2D eigenvalue weighted by Crippen LogP contribution is 2.49. The standard InChI is InChI=1S/C20H28N2O3/c1-13(18-10-14-4-5-15(18)9-14)21-19(23)16-3-2-7-22(11-16)20(24)17-6-8-25-12-17/h6,8,12-16,18H,2-5,7,9-11H2,1H3,(H,21,23)/t13-,14-,15-,16-,18+/m0/s1. The molecule has 5 nitrogen and oxygen atoms in total. The van der Waals surface area contributed by atoms with Crippen LogP contribution in [0.15, 0.2) is 23.0 Å². The minimum Gasteiger partial charge on any atom is -0.472 e. The van der Waals surface area contributed by atoms with Gasteiger partial charge in [-0.1, -0.05) is 6.42 Å². The van der Waals surface area contributed by atoms with Crippen LogP contribution in [-0.4, -0.2) is 35.8 Å². The van der Waals surface area contributed by atoms with Gasteiger partial charge in [0.05, 0.1) is 17.7 Å². The molecular formula is C20H28N2O3. The second-order valence-corrected chi connectivity index (χ2v) is 8.24. The van der Waals surface area contributed by atoms with Crippen LogP contribution >= 0.6 is 0 Å². The van der Waals surface area contributed by atoms with Gasteiger partial charge < -0.3 is 14.6 Å². The molecular weight excluding hydrogens is 316 g/mol. The number of likely N-dealkylation sites (tertiary alicyclic amines) is 1. The van der Waals surface area contributed by atoms with Gasteiger partial charge >= 0.3 is 0 Å². The number of rotatable bonds is 4. The predicted molar refractivity (Wildman–Crippen MR) is 93.9 cm³/mol. The molecule has 1 aromatic rings. The summed E-state index contributed by atoms with van der Waals surface area (Å²) in [6.07, 6.45) is 10.1. The molecule has 0 radical (unpaired) electrons. The molecule has 1 aliphatic heterocycles. The fraction of sp³-hybridized carbons (Fsp3) is 0.700. The average molecular weight is 344 g/mol. The van der Waals surface area contributed by atoms with Crippen LogP contribution in [0.1, 0.15) is 55.8 Å². The summed E-state index contributed by atoms with van der Waals surface area (Å²) in [5.41, 5.74) is 0.566. The number of amides is 2. The summed E-state index contributed by atoms with van der Waals surface area (Å²) in [6, 6.07) is 1.94. The molecule has 25 heavy (non-hydrogen) atoms. The van der Waals surface area contributed by atoms with E-state index in [0.717, 1.165) is 31.2 Å². The van der Waals surface area contributed by atoms with E-state index in [4.69, 9.17) is 4.42 Å². The van der Waals surface area contributed by atoms with Crippen molar-refractivity contribution in [2.45, 2.75) is 51.5 Å². The van der Waals surface area contributed by atoms with E-state index in [1.54, 1.807) is 11.0 Å². The van der Waals surface area contributed by atoms with Crippen molar-refractivity contribution in [1.29, 1.82) is 0 Å². The number of nitrogens with zero attached hydrogens (tertiary/aromatic N) is 1. The Bertz CT molecular complexity index is 627. The molecule has 5 heteroatoms. The van der Waals surface area contributed by atoms with Crippen LogP contribution in [0.2, 0.25) is 0 Å². The van der Waals surface area contributed by atoms with Crippen LogP contribution in [0.4, 0.5) is 0 Å². The summed E-state index contributed by atoms with van der Waals surface area (Å²) in [5, 5.41) is 3.28. The first-order chi connectivity index (χ1) is 12.1. The van der Waals surface area contributed by atoms with Gasteiger partial charge in [0.25, 0.3) is 5.91 Å². The third-order valence-corrected chi connectivity index (χ3v) is 6.65. The summed E-state index contributed by atoms with van der Waals surface area (Å²) in [7, 11) is 0. The normalized spacial score (nSPS) is 32.6. The Balaban J connectivity index is 1.33. The quantitative estimate of drug-likeness (QED) is 0.913. The lowest BCUT2D eigenvalue weighted by Crippen LogP contribution is -2.48. The molecule has 1 saturated heterocycles. The van der Waals surface area contributed by atoms with Gasteiger partial charge in [-0.3, -0.25) is 9.59 Å². The fourth-order valence-electron chi connectivity index (χ4n) is 5.30. The molecule has 1 aromatic heterocycles. The molecule has 2 heterocycles. The molecule has 5 atom stereocenters. The number of hydrogen-bond acceptors (Lipinski definition) is 3. The molecule has 136 valence electrons. The van der Waals surface area contributed by atoms with E-state index in [1.807, 2.05) is 0 Å². The summed E-state index contributed by atoms with van der Waals surface area (Å²) < 4.78 is 5.01. The first kappa shape index (κ1) is 16.7. The van der Waals surface area contributed by atoms with E-state index in [9.17, 15) is 9.59 Å². The molecule has 2 aliphatic carbocycles. The van der Waals surface area contributed by atoms with Crippen LogP contribution in [0.25, 0.3) is 0 Å². The summed E-state index contributed by atoms with van der Waals surface area (Å²) >= 11 is 0. The highest BCUT2D eigenvalue weighted by atomic mass is 16.3. The third kappa shape index (κ3) is 3.33. The van der Waals surface area contributed by atoms with Crippen LogP contribution in [-0.2, 0) is 4.79 Å². The Morgan fingerprint density at radius 2 is 2.16 bits per heavy atom. The van der Waals surface area contributed by atoms with E-state index < -0.39 is 0 Å². The molecule has 3 fully saturated rings. The highest BCUT2D eigenvalue weighted by Gasteiger charge is 2.42. The van der Waals surface area contributed by atoms with Crippen molar-refractivity contribution in [1.82, 2.24) is 10.2 Å². The van der Waals surface area contributed by atoms with Gasteiger partial charge in [-0.25, -0.2) is 0 Å². The maximum Gasteiger partial charge on any atom is 0.257 e. The van der Waals surface area contributed by atoms with E-state index in [-0.39, 0.29) is 23.8 Å². The molecule has 2 bridgehead atoms. The van der Waals surface area contributed by atoms with E-state index in [0.29, 0.717) is 18.0 Å². The number of piperidine rings is 1. The number of fused-ring (bicyclic) bond motifs is 2. The Kier molecular flexibility index (Phi) is 4.57. The second kappa shape index (κ2) is 6.85. The summed E-state index contributed by atoms with van der Waals surface area (Å²) in [6.45, 7) is 3.40. The predicted octanol–water partition coefficient (Wildman–Crippen LogP) is 3.07. The zero-order valence-electron chi connectivity index (χ0n) is 14.9. The maximum atomic E-state index is 12.8. The number of furan rings is 1. The van der Waals surface area contributed by atoms with Crippen molar-refractivity contribution in [2.24, 2.45) is 23.7 Å². The highest BCUT2D eigenvalue weighted by molar-refractivity contribution is 5.94. The zero-order valence-corrected chi connectivity index (χ0v) is 14.9. The van der Waals surface area contributed by atoms with Gasteiger partial charge in [-0.05, 0) is 62.8 Å². The summed E-state index contributed by atoms with van der Waals surface area (Å²) in [4.78, 5) is 27.0. The number of hydrogen-bond donors (Lipinski definition) is 1. The first-order valence-electron chi connectivity index (χ1n) is 9.73. The van der Waals surface area contributed by atoms with Crippen LogP contribution in [0, 0.1) is 23.7 Å². The molecule has 3 aliphatic rings. The Morgan fingerprint density at radius 3 is 2.84 bits per heavy atom. The van der Waals surface area contributed by atoms with Crippen LogP contribution in [0.5, 0.6) is 0 Å². The lowest BCUT2D eigenvalue weighted by molar-refractivity contribution is -0.127. The van der Waals surface area contributed by atoms with E-state index in [1.165, 1.54) is 38.2 Å². The van der Waals surface area contributed by atoms with Crippen molar-refractivity contribution in [3.05, 3.63) is 24.2 Å². The summed E-state index contributed by atoms with van der Waals surface area (Å²) in [5.74, 6) is 2.35.